The Hall–Kier alpha value is -1.35. The Morgan fingerprint density at radius 2 is 1.80 bits per heavy atom. The first-order valence-electron chi connectivity index (χ1n) is 10.1. The maximum Gasteiger partial charge on any atom is 0.220 e. The third kappa shape index (κ3) is 3.36. The summed E-state index contributed by atoms with van der Waals surface area (Å²) in [4.78, 5) is 14.0. The Morgan fingerprint density at radius 3 is 2.44 bits per heavy atom. The predicted octanol–water partition coefficient (Wildman–Crippen LogP) is 2.18. The molecule has 25 heavy (non-hydrogen) atoms. The van der Waals surface area contributed by atoms with E-state index in [2.05, 4.69) is 49.7 Å². The van der Waals surface area contributed by atoms with Gasteiger partial charge in [0.25, 0.3) is 0 Å². The molecule has 4 saturated carbocycles. The van der Waals surface area contributed by atoms with Crippen LogP contribution < -0.4 is 10.2 Å². The molecule has 3 heteroatoms. The summed E-state index contributed by atoms with van der Waals surface area (Å²) in [6.07, 6.45) is 8.64. The fourth-order valence-electron chi connectivity index (χ4n) is 6.64. The minimum Gasteiger partial charge on any atom is -0.350 e. The molecule has 4 bridgehead atoms. The van der Waals surface area contributed by atoms with E-state index in [1.54, 1.807) is 0 Å². The second-order valence-electron chi connectivity index (χ2n) is 9.59. The average molecular weight is 342 g/mol. The molecular formula is C22H33N2O+. The van der Waals surface area contributed by atoms with E-state index in [4.69, 9.17) is 0 Å². The largest absolute Gasteiger partial charge is 0.350 e. The molecule has 4 atom stereocenters. The number of hydrogen-bond donors (Lipinski definition) is 2. The Kier molecular flexibility index (Phi) is 4.39. The second-order valence-corrected chi connectivity index (χ2v) is 9.59. The van der Waals surface area contributed by atoms with Crippen LogP contribution in [0.4, 0.5) is 0 Å². The standard InChI is InChI=1S/C22H32N2O/c1-24(2)9-8-23-20(25)15-21-11-17-10-18(12-21)14-22(13-17,16-21)19-6-4-3-5-7-19/h3-7,17-18H,8-16H2,1-2H3,(H,23,25)/p+1/t17-,18+,21?,22?. The summed E-state index contributed by atoms with van der Waals surface area (Å²) in [5, 5.41) is 3.18. The van der Waals surface area contributed by atoms with Crippen LogP contribution in [0.5, 0.6) is 0 Å². The number of carbonyl (C=O) groups excluding carboxylic acids is 1. The number of quaternary nitrogens is 1. The van der Waals surface area contributed by atoms with Gasteiger partial charge in [0.05, 0.1) is 27.2 Å². The number of amides is 1. The maximum absolute atomic E-state index is 12.6. The van der Waals surface area contributed by atoms with Crippen molar-refractivity contribution in [1.82, 2.24) is 5.32 Å². The highest BCUT2D eigenvalue weighted by Crippen LogP contribution is 2.66. The first kappa shape index (κ1) is 17.1. The highest BCUT2D eigenvalue weighted by molar-refractivity contribution is 5.76. The van der Waals surface area contributed by atoms with Crippen molar-refractivity contribution < 1.29 is 9.69 Å². The Balaban J connectivity index is 1.50. The molecule has 0 spiro atoms. The van der Waals surface area contributed by atoms with Crippen molar-refractivity contribution in [3.8, 4) is 0 Å². The first-order valence-corrected chi connectivity index (χ1v) is 10.1. The van der Waals surface area contributed by atoms with Gasteiger partial charge >= 0.3 is 0 Å². The zero-order valence-electron chi connectivity index (χ0n) is 15.8. The molecule has 1 aromatic carbocycles. The predicted molar refractivity (Wildman–Crippen MR) is 101 cm³/mol. The Morgan fingerprint density at radius 1 is 1.12 bits per heavy atom. The van der Waals surface area contributed by atoms with Crippen LogP contribution in [-0.2, 0) is 10.2 Å². The summed E-state index contributed by atoms with van der Waals surface area (Å²) in [6, 6.07) is 11.2. The van der Waals surface area contributed by atoms with Crippen molar-refractivity contribution >= 4 is 5.91 Å². The van der Waals surface area contributed by atoms with Gasteiger partial charge in [-0.2, -0.15) is 0 Å². The number of likely N-dealkylation sites (N-methyl/N-ethyl adjacent to an activating group) is 1. The molecule has 5 rings (SSSR count). The average Bonchev–Trinajstić information content (AvgIpc) is 2.53. The molecule has 0 saturated heterocycles. The highest BCUT2D eigenvalue weighted by Gasteiger charge is 2.58. The van der Waals surface area contributed by atoms with E-state index in [0.29, 0.717) is 5.41 Å². The van der Waals surface area contributed by atoms with E-state index in [0.717, 1.165) is 31.3 Å². The third-order valence-corrected chi connectivity index (χ3v) is 7.05. The normalized spacial score (nSPS) is 36.0. The number of hydrogen-bond acceptors (Lipinski definition) is 1. The molecule has 0 heterocycles. The minimum absolute atomic E-state index is 0.259. The van der Waals surface area contributed by atoms with Crippen molar-refractivity contribution in [2.45, 2.75) is 50.4 Å². The topological polar surface area (TPSA) is 33.5 Å². The van der Waals surface area contributed by atoms with Crippen molar-refractivity contribution in [3.63, 3.8) is 0 Å². The molecule has 0 aromatic heterocycles. The fraction of sp³-hybridized carbons (Fsp3) is 0.682. The summed E-state index contributed by atoms with van der Waals surface area (Å²) in [7, 11) is 4.27. The lowest BCUT2D eigenvalue weighted by Crippen LogP contribution is -3.06. The maximum atomic E-state index is 12.6. The summed E-state index contributed by atoms with van der Waals surface area (Å²) in [6.45, 7) is 1.80. The second kappa shape index (κ2) is 6.42. The molecule has 4 fully saturated rings. The van der Waals surface area contributed by atoms with Crippen molar-refractivity contribution in [2.24, 2.45) is 17.3 Å². The summed E-state index contributed by atoms with van der Waals surface area (Å²) >= 11 is 0. The molecule has 0 aliphatic heterocycles. The smallest absolute Gasteiger partial charge is 0.220 e. The number of nitrogens with one attached hydrogen (secondary N) is 2. The quantitative estimate of drug-likeness (QED) is 0.817. The minimum atomic E-state index is 0.259. The molecular weight excluding hydrogens is 308 g/mol. The summed E-state index contributed by atoms with van der Waals surface area (Å²) in [5.41, 5.74) is 2.14. The molecule has 1 aromatic rings. The number of rotatable bonds is 6. The molecule has 2 N–H and O–H groups in total. The van der Waals surface area contributed by atoms with Crippen LogP contribution in [-0.4, -0.2) is 33.1 Å². The van der Waals surface area contributed by atoms with Crippen molar-refractivity contribution in [3.05, 3.63) is 35.9 Å². The van der Waals surface area contributed by atoms with Crippen molar-refractivity contribution in [2.75, 3.05) is 27.2 Å². The van der Waals surface area contributed by atoms with Crippen LogP contribution in [0.1, 0.15) is 50.5 Å². The highest BCUT2D eigenvalue weighted by atomic mass is 16.1. The third-order valence-electron chi connectivity index (χ3n) is 7.05. The van der Waals surface area contributed by atoms with Crippen molar-refractivity contribution in [1.29, 1.82) is 0 Å². The zero-order chi connectivity index (χ0) is 17.5. The monoisotopic (exact) mass is 341 g/mol. The lowest BCUT2D eigenvalue weighted by molar-refractivity contribution is -0.856. The molecule has 3 nitrogen and oxygen atoms in total. The summed E-state index contributed by atoms with van der Waals surface area (Å²) in [5.74, 6) is 1.95. The fourth-order valence-corrected chi connectivity index (χ4v) is 6.64. The van der Waals surface area contributed by atoms with Gasteiger partial charge < -0.3 is 10.2 Å². The SMILES string of the molecule is C[NH+](C)CCNC(=O)CC12C[C@H]3C[C@@H](C1)CC(c1ccccc1)(C3)C2. The van der Waals surface area contributed by atoms with Crippen LogP contribution in [0.3, 0.4) is 0 Å². The molecule has 0 radical (unpaired) electrons. The van der Waals surface area contributed by atoms with E-state index < -0.39 is 0 Å². The number of carbonyl (C=O) groups is 1. The van der Waals surface area contributed by atoms with Crippen LogP contribution in [0, 0.1) is 17.3 Å². The lowest BCUT2D eigenvalue weighted by Gasteiger charge is -2.62. The van der Waals surface area contributed by atoms with Crippen LogP contribution in [0.15, 0.2) is 30.3 Å². The van der Waals surface area contributed by atoms with E-state index in [1.165, 1.54) is 49.0 Å². The van der Waals surface area contributed by atoms with Crippen LogP contribution in [0.2, 0.25) is 0 Å². The molecule has 2 unspecified atom stereocenters. The van der Waals surface area contributed by atoms with Gasteiger partial charge in [-0.1, -0.05) is 30.3 Å². The number of benzene rings is 1. The van der Waals surface area contributed by atoms with E-state index in [9.17, 15) is 4.79 Å². The van der Waals surface area contributed by atoms with Gasteiger partial charge in [0.1, 0.15) is 0 Å². The van der Waals surface area contributed by atoms with Crippen LogP contribution in [0.25, 0.3) is 0 Å². The molecule has 136 valence electrons. The van der Waals surface area contributed by atoms with E-state index in [-0.39, 0.29) is 11.3 Å². The molecule has 4 aliphatic carbocycles. The Labute approximate surface area is 152 Å². The van der Waals surface area contributed by atoms with E-state index in [1.807, 2.05) is 0 Å². The first-order chi connectivity index (χ1) is 12.0. The van der Waals surface area contributed by atoms with Gasteiger partial charge in [-0.25, -0.2) is 0 Å². The van der Waals surface area contributed by atoms with Gasteiger partial charge in [0.2, 0.25) is 5.91 Å². The van der Waals surface area contributed by atoms with Gasteiger partial charge in [-0.15, -0.1) is 0 Å². The van der Waals surface area contributed by atoms with Gasteiger partial charge in [0.15, 0.2) is 0 Å². The lowest BCUT2D eigenvalue weighted by atomic mass is 9.42. The van der Waals surface area contributed by atoms with Gasteiger partial charge in [-0.3, -0.25) is 4.79 Å². The van der Waals surface area contributed by atoms with Crippen LogP contribution >= 0.6 is 0 Å². The van der Waals surface area contributed by atoms with E-state index >= 15 is 0 Å². The summed E-state index contributed by atoms with van der Waals surface area (Å²) < 4.78 is 0. The Bertz CT molecular complexity index is 610. The molecule has 1 amide bonds. The zero-order valence-corrected chi connectivity index (χ0v) is 15.8. The van der Waals surface area contributed by atoms with Gasteiger partial charge in [-0.05, 0) is 66.8 Å². The van der Waals surface area contributed by atoms with Gasteiger partial charge in [0, 0.05) is 6.42 Å². The molecule has 4 aliphatic rings.